The maximum atomic E-state index is 12.8. The normalized spacial score (nSPS) is 12.7. The number of carbonyl (C=O) groups excluding carboxylic acids is 1. The van der Waals surface area contributed by atoms with E-state index in [0.717, 1.165) is 4.90 Å². The van der Waals surface area contributed by atoms with E-state index >= 15 is 0 Å². The van der Waals surface area contributed by atoms with E-state index in [4.69, 9.17) is 16.0 Å². The molecule has 1 aromatic heterocycles. The largest absolute Gasteiger partial charge is 0.451 e. The number of hydrogen-bond donors (Lipinski definition) is 0. The van der Waals surface area contributed by atoms with Crippen molar-refractivity contribution in [1.82, 2.24) is 4.90 Å². The summed E-state index contributed by atoms with van der Waals surface area (Å²) in [6.45, 7) is 3.94. The molecule has 2 rings (SSSR count). The van der Waals surface area contributed by atoms with E-state index < -0.39 is 24.0 Å². The SMILES string of the molecule is CC(C)(C)CN(CC(F)(F)F)C(=O)c1cc2cc(Cl)ccc2o1. The Labute approximate surface area is 137 Å². The minimum absolute atomic E-state index is 0.0385. The van der Waals surface area contributed by atoms with Crippen LogP contribution in [0.2, 0.25) is 5.02 Å². The molecule has 0 N–H and O–H groups in total. The summed E-state index contributed by atoms with van der Waals surface area (Å²) in [5, 5.41) is 1.03. The Kier molecular flexibility index (Phi) is 4.66. The number of rotatable bonds is 3. The zero-order chi connectivity index (χ0) is 17.4. The quantitative estimate of drug-likeness (QED) is 0.770. The summed E-state index contributed by atoms with van der Waals surface area (Å²) in [6.07, 6.45) is -4.48. The van der Waals surface area contributed by atoms with E-state index in [9.17, 15) is 18.0 Å². The van der Waals surface area contributed by atoms with Crippen LogP contribution in [0.5, 0.6) is 0 Å². The number of fused-ring (bicyclic) bond motifs is 1. The highest BCUT2D eigenvalue weighted by Gasteiger charge is 2.36. The molecular weight excluding hydrogens is 331 g/mol. The second kappa shape index (κ2) is 6.07. The van der Waals surface area contributed by atoms with E-state index in [1.807, 2.05) is 0 Å². The second-order valence-corrected chi connectivity index (χ2v) is 7.07. The Bertz CT molecular complexity index is 700. The van der Waals surface area contributed by atoms with Crippen molar-refractivity contribution in [3.05, 3.63) is 35.0 Å². The maximum absolute atomic E-state index is 12.8. The topological polar surface area (TPSA) is 33.5 Å². The van der Waals surface area contributed by atoms with Crippen molar-refractivity contribution in [2.45, 2.75) is 26.9 Å². The lowest BCUT2D eigenvalue weighted by molar-refractivity contribution is -0.142. The molecule has 0 radical (unpaired) electrons. The first-order chi connectivity index (χ1) is 10.4. The van der Waals surface area contributed by atoms with E-state index in [2.05, 4.69) is 0 Å². The summed E-state index contributed by atoms with van der Waals surface area (Å²) in [6, 6.07) is 6.17. The molecule has 0 saturated heterocycles. The van der Waals surface area contributed by atoms with Crippen LogP contribution in [0.25, 0.3) is 11.0 Å². The third kappa shape index (κ3) is 4.89. The van der Waals surface area contributed by atoms with Crippen molar-refractivity contribution >= 4 is 28.5 Å². The van der Waals surface area contributed by atoms with Crippen LogP contribution in [0.15, 0.2) is 28.7 Å². The summed E-state index contributed by atoms with van der Waals surface area (Å²) in [4.78, 5) is 13.2. The van der Waals surface area contributed by atoms with Crippen LogP contribution in [0, 0.1) is 5.41 Å². The minimum Gasteiger partial charge on any atom is -0.451 e. The highest BCUT2D eigenvalue weighted by molar-refractivity contribution is 6.31. The number of benzene rings is 1. The van der Waals surface area contributed by atoms with Crippen molar-refractivity contribution < 1.29 is 22.4 Å². The average Bonchev–Trinajstić information content (AvgIpc) is 2.76. The van der Waals surface area contributed by atoms with Gasteiger partial charge in [0.05, 0.1) is 0 Å². The molecule has 0 bridgehead atoms. The molecule has 0 unspecified atom stereocenters. The van der Waals surface area contributed by atoms with E-state index in [1.54, 1.807) is 39.0 Å². The van der Waals surface area contributed by atoms with Crippen LogP contribution in [0.4, 0.5) is 13.2 Å². The Balaban J connectivity index is 2.33. The van der Waals surface area contributed by atoms with Crippen LogP contribution in [0.1, 0.15) is 31.3 Å². The van der Waals surface area contributed by atoms with Gasteiger partial charge in [0.1, 0.15) is 12.1 Å². The smallest absolute Gasteiger partial charge is 0.406 e. The monoisotopic (exact) mass is 347 g/mol. The highest BCUT2D eigenvalue weighted by Crippen LogP contribution is 2.27. The first-order valence-corrected chi connectivity index (χ1v) is 7.37. The number of halogens is 4. The number of alkyl halides is 3. The van der Waals surface area contributed by atoms with Crippen LogP contribution in [-0.4, -0.2) is 30.1 Å². The Morgan fingerprint density at radius 3 is 2.39 bits per heavy atom. The molecule has 0 aliphatic rings. The van der Waals surface area contributed by atoms with Crippen LogP contribution >= 0.6 is 11.6 Å². The lowest BCUT2D eigenvalue weighted by atomic mass is 9.96. The predicted molar refractivity (Wildman–Crippen MR) is 82.6 cm³/mol. The van der Waals surface area contributed by atoms with Gasteiger partial charge in [-0.15, -0.1) is 0 Å². The van der Waals surface area contributed by atoms with Crippen LogP contribution in [-0.2, 0) is 0 Å². The molecule has 1 aromatic carbocycles. The van der Waals surface area contributed by atoms with Gasteiger partial charge in [-0.25, -0.2) is 0 Å². The summed E-state index contributed by atoms with van der Waals surface area (Å²) in [7, 11) is 0. The molecule has 0 atom stereocenters. The Morgan fingerprint density at radius 1 is 1.17 bits per heavy atom. The molecule has 0 spiro atoms. The van der Waals surface area contributed by atoms with E-state index in [0.29, 0.717) is 16.0 Å². The van der Waals surface area contributed by atoms with Gasteiger partial charge in [-0.1, -0.05) is 32.4 Å². The average molecular weight is 348 g/mol. The molecule has 126 valence electrons. The zero-order valence-electron chi connectivity index (χ0n) is 13.0. The molecule has 0 fully saturated rings. The van der Waals surface area contributed by atoms with Gasteiger partial charge in [0, 0.05) is 17.0 Å². The van der Waals surface area contributed by atoms with Crippen LogP contribution < -0.4 is 0 Å². The van der Waals surface area contributed by atoms with Crippen LogP contribution in [0.3, 0.4) is 0 Å². The number of nitrogens with zero attached hydrogens (tertiary/aromatic N) is 1. The fraction of sp³-hybridized carbons (Fsp3) is 0.438. The number of furan rings is 1. The first kappa shape index (κ1) is 17.7. The fourth-order valence-corrected chi connectivity index (χ4v) is 2.44. The molecule has 23 heavy (non-hydrogen) atoms. The van der Waals surface area contributed by atoms with Crippen molar-refractivity contribution in [2.75, 3.05) is 13.1 Å². The highest BCUT2D eigenvalue weighted by atomic mass is 35.5. The molecule has 3 nitrogen and oxygen atoms in total. The number of hydrogen-bond acceptors (Lipinski definition) is 2. The second-order valence-electron chi connectivity index (χ2n) is 6.63. The predicted octanol–water partition coefficient (Wildman–Crippen LogP) is 5.14. The van der Waals surface area contributed by atoms with Crippen molar-refractivity contribution in [2.24, 2.45) is 5.41 Å². The summed E-state index contributed by atoms with van der Waals surface area (Å²) < 4.78 is 43.7. The number of carbonyl (C=O) groups is 1. The Morgan fingerprint density at radius 2 is 1.83 bits per heavy atom. The van der Waals surface area contributed by atoms with Crippen molar-refractivity contribution in [1.29, 1.82) is 0 Å². The third-order valence-corrected chi connectivity index (χ3v) is 3.25. The van der Waals surface area contributed by atoms with Crippen molar-refractivity contribution in [3.63, 3.8) is 0 Å². The summed E-state index contributed by atoms with van der Waals surface area (Å²) in [5.41, 5.74) is -0.0727. The molecule has 1 amide bonds. The van der Waals surface area contributed by atoms with Gasteiger partial charge in [-0.3, -0.25) is 4.79 Å². The minimum atomic E-state index is -4.48. The van der Waals surface area contributed by atoms with E-state index in [-0.39, 0.29) is 12.3 Å². The molecule has 0 saturated carbocycles. The van der Waals surface area contributed by atoms with Gasteiger partial charge in [0.15, 0.2) is 5.76 Å². The lowest BCUT2D eigenvalue weighted by Gasteiger charge is -2.30. The molecule has 1 heterocycles. The Hall–Kier alpha value is -1.69. The molecular formula is C16H17ClF3NO2. The first-order valence-electron chi connectivity index (χ1n) is 7.00. The summed E-state index contributed by atoms with van der Waals surface area (Å²) >= 11 is 5.86. The van der Waals surface area contributed by atoms with Crippen molar-refractivity contribution in [3.8, 4) is 0 Å². The molecule has 2 aromatic rings. The fourth-order valence-electron chi connectivity index (χ4n) is 2.26. The van der Waals surface area contributed by atoms with Gasteiger partial charge in [-0.05, 0) is 29.7 Å². The number of amides is 1. The molecule has 0 aliphatic carbocycles. The standard InChI is InChI=1S/C16H17ClF3NO2/c1-15(2,3)8-21(9-16(18,19)20)14(22)13-7-10-6-11(17)4-5-12(10)23-13/h4-7H,8-9H2,1-3H3. The summed E-state index contributed by atoms with van der Waals surface area (Å²) in [5.74, 6) is -0.916. The lowest BCUT2D eigenvalue weighted by Crippen LogP contribution is -2.43. The molecule has 7 heteroatoms. The van der Waals surface area contributed by atoms with Gasteiger partial charge in [-0.2, -0.15) is 13.2 Å². The van der Waals surface area contributed by atoms with Gasteiger partial charge in [0.25, 0.3) is 5.91 Å². The van der Waals surface area contributed by atoms with E-state index in [1.165, 1.54) is 6.07 Å². The zero-order valence-corrected chi connectivity index (χ0v) is 13.8. The molecule has 0 aliphatic heterocycles. The van der Waals surface area contributed by atoms with Gasteiger partial charge >= 0.3 is 6.18 Å². The van der Waals surface area contributed by atoms with Gasteiger partial charge in [0.2, 0.25) is 0 Å². The third-order valence-electron chi connectivity index (χ3n) is 3.01. The van der Waals surface area contributed by atoms with Gasteiger partial charge < -0.3 is 9.32 Å². The maximum Gasteiger partial charge on any atom is 0.406 e.